The molecular formula is C21H16BrN3O2. The maximum atomic E-state index is 12.7. The number of benzene rings is 2. The Hall–Kier alpha value is -3.17. The van der Waals surface area contributed by atoms with Gasteiger partial charge < -0.3 is 10.1 Å². The molecular weight excluding hydrogens is 406 g/mol. The lowest BCUT2D eigenvalue weighted by Crippen LogP contribution is -2.15. The molecule has 0 unspecified atom stereocenters. The Labute approximate surface area is 165 Å². The Morgan fingerprint density at radius 3 is 2.67 bits per heavy atom. The SMILES string of the molecule is COc1ccc(C#N)cc1NC(=O)c1ccc(-c2cccc(Br)c2)nc1C. The fraction of sp³-hybridized carbons (Fsp3) is 0.0952. The van der Waals surface area contributed by atoms with E-state index in [1.165, 1.54) is 7.11 Å². The number of nitrogens with zero attached hydrogens (tertiary/aromatic N) is 2. The number of ether oxygens (including phenoxy) is 1. The van der Waals surface area contributed by atoms with Crippen LogP contribution in [-0.4, -0.2) is 18.0 Å². The van der Waals surface area contributed by atoms with Gasteiger partial charge in [-0.15, -0.1) is 0 Å². The van der Waals surface area contributed by atoms with E-state index in [0.717, 1.165) is 15.7 Å². The fourth-order valence-corrected chi connectivity index (χ4v) is 3.07. The van der Waals surface area contributed by atoms with E-state index in [-0.39, 0.29) is 5.91 Å². The number of amides is 1. The molecule has 1 heterocycles. The molecule has 6 heteroatoms. The molecule has 1 N–H and O–H groups in total. The van der Waals surface area contributed by atoms with Gasteiger partial charge in [0.05, 0.1) is 41.4 Å². The highest BCUT2D eigenvalue weighted by Gasteiger charge is 2.14. The van der Waals surface area contributed by atoms with Crippen LogP contribution in [0.4, 0.5) is 5.69 Å². The van der Waals surface area contributed by atoms with Crippen LogP contribution in [-0.2, 0) is 0 Å². The third-order valence-corrected chi connectivity index (χ3v) is 4.52. The summed E-state index contributed by atoms with van der Waals surface area (Å²) in [5.74, 6) is 0.174. The summed E-state index contributed by atoms with van der Waals surface area (Å²) in [4.78, 5) is 17.3. The average Bonchev–Trinajstić information content (AvgIpc) is 2.67. The van der Waals surface area contributed by atoms with Gasteiger partial charge in [0.25, 0.3) is 5.91 Å². The smallest absolute Gasteiger partial charge is 0.257 e. The summed E-state index contributed by atoms with van der Waals surface area (Å²) in [6.45, 7) is 1.79. The van der Waals surface area contributed by atoms with Crippen LogP contribution >= 0.6 is 15.9 Å². The summed E-state index contributed by atoms with van der Waals surface area (Å²) in [6.07, 6.45) is 0. The number of halogens is 1. The van der Waals surface area contributed by atoms with Crippen molar-refractivity contribution in [2.75, 3.05) is 12.4 Å². The zero-order valence-corrected chi connectivity index (χ0v) is 16.4. The second kappa shape index (κ2) is 8.02. The van der Waals surface area contributed by atoms with Crippen molar-refractivity contribution in [3.63, 3.8) is 0 Å². The Kier molecular flexibility index (Phi) is 5.53. The van der Waals surface area contributed by atoms with E-state index in [2.05, 4.69) is 32.3 Å². The molecule has 0 bridgehead atoms. The van der Waals surface area contributed by atoms with Crippen molar-refractivity contribution in [1.82, 2.24) is 4.98 Å². The van der Waals surface area contributed by atoms with Crippen molar-refractivity contribution in [2.24, 2.45) is 0 Å². The Balaban J connectivity index is 1.89. The van der Waals surface area contributed by atoms with Gasteiger partial charge in [0.15, 0.2) is 0 Å². The largest absolute Gasteiger partial charge is 0.495 e. The summed E-state index contributed by atoms with van der Waals surface area (Å²) in [7, 11) is 1.51. The highest BCUT2D eigenvalue weighted by atomic mass is 79.9. The average molecular weight is 422 g/mol. The second-order valence-corrected chi connectivity index (χ2v) is 6.74. The van der Waals surface area contributed by atoms with E-state index < -0.39 is 0 Å². The maximum absolute atomic E-state index is 12.7. The van der Waals surface area contributed by atoms with Crippen molar-refractivity contribution in [1.29, 1.82) is 5.26 Å². The zero-order valence-electron chi connectivity index (χ0n) is 14.8. The number of pyridine rings is 1. The quantitative estimate of drug-likeness (QED) is 0.646. The molecule has 0 spiro atoms. The summed E-state index contributed by atoms with van der Waals surface area (Å²) < 4.78 is 6.22. The predicted molar refractivity (Wildman–Crippen MR) is 108 cm³/mol. The lowest BCUT2D eigenvalue weighted by atomic mass is 10.1. The number of rotatable bonds is 4. The molecule has 0 saturated carbocycles. The lowest BCUT2D eigenvalue weighted by molar-refractivity contribution is 0.102. The van der Waals surface area contributed by atoms with Crippen LogP contribution in [0.1, 0.15) is 21.6 Å². The monoisotopic (exact) mass is 421 g/mol. The van der Waals surface area contributed by atoms with Gasteiger partial charge in [0.1, 0.15) is 5.75 Å². The lowest BCUT2D eigenvalue weighted by Gasteiger charge is -2.12. The van der Waals surface area contributed by atoms with Crippen LogP contribution in [0.5, 0.6) is 5.75 Å². The minimum absolute atomic E-state index is 0.311. The number of carbonyl (C=O) groups is 1. The Morgan fingerprint density at radius 2 is 2.00 bits per heavy atom. The van der Waals surface area contributed by atoms with E-state index in [0.29, 0.717) is 28.3 Å². The van der Waals surface area contributed by atoms with Crippen molar-refractivity contribution in [3.8, 4) is 23.1 Å². The number of nitrogens with one attached hydrogen (secondary N) is 1. The summed E-state index contributed by atoms with van der Waals surface area (Å²) >= 11 is 3.45. The first-order valence-corrected chi connectivity index (χ1v) is 8.94. The Bertz CT molecular complexity index is 1060. The number of aryl methyl sites for hydroxylation is 1. The van der Waals surface area contributed by atoms with Crippen LogP contribution in [0, 0.1) is 18.3 Å². The number of aromatic nitrogens is 1. The van der Waals surface area contributed by atoms with E-state index in [4.69, 9.17) is 10.00 Å². The van der Waals surface area contributed by atoms with Crippen molar-refractivity contribution < 1.29 is 9.53 Å². The number of anilines is 1. The molecule has 0 fully saturated rings. The van der Waals surface area contributed by atoms with E-state index >= 15 is 0 Å². The maximum Gasteiger partial charge on any atom is 0.257 e. The van der Waals surface area contributed by atoms with Gasteiger partial charge in [0, 0.05) is 10.0 Å². The second-order valence-electron chi connectivity index (χ2n) is 5.82. The number of hydrogen-bond acceptors (Lipinski definition) is 4. The molecule has 0 radical (unpaired) electrons. The van der Waals surface area contributed by atoms with Crippen LogP contribution in [0.2, 0.25) is 0 Å². The molecule has 0 saturated heterocycles. The summed E-state index contributed by atoms with van der Waals surface area (Å²) in [5, 5.41) is 11.9. The van der Waals surface area contributed by atoms with Gasteiger partial charge >= 0.3 is 0 Å². The predicted octanol–water partition coefficient (Wildman–Crippen LogP) is 4.95. The number of nitriles is 1. The van der Waals surface area contributed by atoms with Crippen molar-refractivity contribution >= 4 is 27.5 Å². The van der Waals surface area contributed by atoms with E-state index in [1.54, 1.807) is 31.2 Å². The number of hydrogen-bond donors (Lipinski definition) is 1. The van der Waals surface area contributed by atoms with Gasteiger partial charge in [-0.1, -0.05) is 28.1 Å². The molecule has 3 rings (SSSR count). The summed E-state index contributed by atoms with van der Waals surface area (Å²) in [5.41, 5.74) is 3.69. The molecule has 0 aliphatic rings. The molecule has 5 nitrogen and oxygen atoms in total. The highest BCUT2D eigenvalue weighted by molar-refractivity contribution is 9.10. The van der Waals surface area contributed by atoms with E-state index in [1.807, 2.05) is 30.3 Å². The molecule has 2 aromatic carbocycles. The third-order valence-electron chi connectivity index (χ3n) is 4.03. The minimum Gasteiger partial charge on any atom is -0.495 e. The molecule has 134 valence electrons. The normalized spacial score (nSPS) is 10.1. The van der Waals surface area contributed by atoms with Crippen molar-refractivity contribution in [2.45, 2.75) is 6.92 Å². The first-order valence-electron chi connectivity index (χ1n) is 8.15. The molecule has 1 amide bonds. The fourth-order valence-electron chi connectivity index (χ4n) is 2.67. The van der Waals surface area contributed by atoms with Gasteiger partial charge in [-0.05, 0) is 49.4 Å². The Morgan fingerprint density at radius 1 is 1.19 bits per heavy atom. The van der Waals surface area contributed by atoms with Gasteiger partial charge in [0.2, 0.25) is 0 Å². The van der Waals surface area contributed by atoms with Crippen LogP contribution in [0.3, 0.4) is 0 Å². The molecule has 3 aromatic rings. The standard InChI is InChI=1S/C21H16BrN3O2/c1-13-17(7-8-18(24-13)15-4-3-5-16(22)11-15)21(26)25-19-10-14(12-23)6-9-20(19)27-2/h3-11H,1-2H3,(H,25,26). The number of methoxy groups -OCH3 is 1. The van der Waals surface area contributed by atoms with Gasteiger partial charge in [-0.2, -0.15) is 5.26 Å². The van der Waals surface area contributed by atoms with E-state index in [9.17, 15) is 4.79 Å². The van der Waals surface area contributed by atoms with Crippen molar-refractivity contribution in [3.05, 3.63) is 75.9 Å². The van der Waals surface area contributed by atoms with Crippen LogP contribution < -0.4 is 10.1 Å². The zero-order chi connectivity index (χ0) is 19.4. The van der Waals surface area contributed by atoms with Gasteiger partial charge in [-0.3, -0.25) is 9.78 Å². The molecule has 0 aliphatic carbocycles. The minimum atomic E-state index is -0.311. The third kappa shape index (κ3) is 4.15. The topological polar surface area (TPSA) is 75.0 Å². The first kappa shape index (κ1) is 18.6. The first-order chi connectivity index (χ1) is 13.0. The molecule has 27 heavy (non-hydrogen) atoms. The van der Waals surface area contributed by atoms with Crippen LogP contribution in [0.25, 0.3) is 11.3 Å². The van der Waals surface area contributed by atoms with Crippen LogP contribution in [0.15, 0.2) is 59.1 Å². The van der Waals surface area contributed by atoms with Gasteiger partial charge in [-0.25, -0.2) is 0 Å². The number of carbonyl (C=O) groups excluding carboxylic acids is 1. The molecule has 0 atom stereocenters. The highest BCUT2D eigenvalue weighted by Crippen LogP contribution is 2.27. The molecule has 1 aromatic heterocycles. The molecule has 0 aliphatic heterocycles. The summed E-state index contributed by atoms with van der Waals surface area (Å²) in [6, 6.07) is 18.3.